The lowest BCUT2D eigenvalue weighted by molar-refractivity contribution is -0.231. The van der Waals surface area contributed by atoms with E-state index in [0.717, 1.165) is 25.7 Å². The van der Waals surface area contributed by atoms with E-state index >= 15 is 0 Å². The fraction of sp³-hybridized carbons (Fsp3) is 0.952. The summed E-state index contributed by atoms with van der Waals surface area (Å²) in [7, 11) is 0. The molecule has 1 heterocycles. The van der Waals surface area contributed by atoms with Crippen LogP contribution in [-0.2, 0) is 9.53 Å². The molecule has 0 aromatic heterocycles. The predicted molar refractivity (Wildman–Crippen MR) is 95.4 cm³/mol. The maximum absolute atomic E-state index is 12.4. The number of hydrogen-bond donors (Lipinski definition) is 4. The maximum Gasteiger partial charge on any atom is 0.164 e. The third-order valence-corrected chi connectivity index (χ3v) is 9.69. The molecule has 5 aliphatic rings. The molecule has 6 nitrogen and oxygen atoms in total. The Bertz CT molecular complexity index is 667. The van der Waals surface area contributed by atoms with E-state index in [1.165, 1.54) is 0 Å². The number of aliphatic hydroxyl groups excluding tert-OH is 3. The summed E-state index contributed by atoms with van der Waals surface area (Å²) in [6.45, 7) is 1.76. The van der Waals surface area contributed by atoms with Crippen LogP contribution in [0.1, 0.15) is 64.7 Å². The Morgan fingerprint density at radius 2 is 1.81 bits per heavy atom. The van der Waals surface area contributed by atoms with Gasteiger partial charge in [-0.1, -0.05) is 6.92 Å². The number of ketones is 1. The first kappa shape index (κ1) is 18.5. The van der Waals surface area contributed by atoms with Crippen LogP contribution < -0.4 is 0 Å². The van der Waals surface area contributed by atoms with Gasteiger partial charge in [-0.3, -0.25) is 4.79 Å². The second-order valence-corrected chi connectivity index (χ2v) is 10.3. The van der Waals surface area contributed by atoms with E-state index in [4.69, 9.17) is 4.74 Å². The Labute approximate surface area is 159 Å². The molecule has 9 atom stereocenters. The first-order chi connectivity index (χ1) is 12.7. The second-order valence-electron chi connectivity index (χ2n) is 10.3. The lowest BCUT2D eigenvalue weighted by atomic mass is 9.42. The van der Waals surface area contributed by atoms with Crippen LogP contribution in [0.5, 0.6) is 0 Å². The average molecular weight is 380 g/mol. The highest BCUT2D eigenvalue weighted by Gasteiger charge is 2.79. The summed E-state index contributed by atoms with van der Waals surface area (Å²) in [5.41, 5.74) is -2.50. The van der Waals surface area contributed by atoms with E-state index in [1.807, 2.05) is 0 Å². The largest absolute Gasteiger partial charge is 0.393 e. The van der Waals surface area contributed by atoms with Crippen molar-refractivity contribution in [3.05, 3.63) is 0 Å². The fourth-order valence-electron chi connectivity index (χ4n) is 8.63. The van der Waals surface area contributed by atoms with Gasteiger partial charge in [0.15, 0.2) is 12.1 Å². The summed E-state index contributed by atoms with van der Waals surface area (Å²) < 4.78 is 6.42. The normalized spacial score (nSPS) is 59.1. The summed E-state index contributed by atoms with van der Waals surface area (Å²) in [5, 5.41) is 42.3. The minimum absolute atomic E-state index is 0.0623. The predicted octanol–water partition coefficient (Wildman–Crippen LogP) is 1.13. The van der Waals surface area contributed by atoms with E-state index in [2.05, 4.69) is 6.92 Å². The van der Waals surface area contributed by atoms with Gasteiger partial charge < -0.3 is 25.2 Å². The molecule has 27 heavy (non-hydrogen) atoms. The molecule has 0 aromatic carbocycles. The monoisotopic (exact) mass is 380 g/mol. The zero-order chi connectivity index (χ0) is 19.2. The van der Waals surface area contributed by atoms with Gasteiger partial charge in [0.05, 0.1) is 22.7 Å². The Balaban J connectivity index is 1.57. The molecule has 152 valence electrons. The third kappa shape index (κ3) is 1.97. The number of carbonyl (C=O) groups is 1. The molecule has 1 aliphatic heterocycles. The summed E-state index contributed by atoms with van der Waals surface area (Å²) in [6.07, 6.45) is 4.46. The van der Waals surface area contributed by atoms with Crippen LogP contribution in [0, 0.1) is 28.6 Å². The standard InChI is InChI=1S/C21H32O6/c1-18-6-5-16-20-7-4-12(23)10-19(20,26)8-9-21(16,27-17(20)25)15(18)3-2-13(18)14(24)11-22/h12-13,15-17,22-23,25-26H,2-11H2,1H3/t12-,13-,15-,16-,17-,18-,19+,20-,21-/m0/s1. The molecule has 1 saturated heterocycles. The molecule has 0 aromatic rings. The SMILES string of the molecule is C[C@@]12CC[C@@H]3[C@]4(CC[C@@]5(O)C[C@@H](O)CC[C@@]35[C@@H](O)O4)[C@H]1CC[C@H]2C(=O)CO. The van der Waals surface area contributed by atoms with Crippen molar-refractivity contribution in [2.45, 2.75) is 88.3 Å². The molecule has 5 fully saturated rings. The summed E-state index contributed by atoms with van der Waals surface area (Å²) >= 11 is 0. The van der Waals surface area contributed by atoms with Crippen LogP contribution in [0.15, 0.2) is 0 Å². The highest BCUT2D eigenvalue weighted by molar-refractivity contribution is 5.83. The smallest absolute Gasteiger partial charge is 0.164 e. The van der Waals surface area contributed by atoms with Crippen LogP contribution in [0.25, 0.3) is 0 Å². The van der Waals surface area contributed by atoms with Crippen molar-refractivity contribution in [1.82, 2.24) is 0 Å². The van der Waals surface area contributed by atoms with E-state index in [-0.39, 0.29) is 29.0 Å². The lowest BCUT2D eigenvalue weighted by Crippen LogP contribution is -2.67. The van der Waals surface area contributed by atoms with Crippen molar-refractivity contribution in [2.75, 3.05) is 6.61 Å². The molecule has 6 heteroatoms. The Kier molecular flexibility index (Phi) is 3.79. The van der Waals surface area contributed by atoms with Gasteiger partial charge in [-0.15, -0.1) is 0 Å². The zero-order valence-corrected chi connectivity index (χ0v) is 16.1. The molecule has 4 saturated carbocycles. The number of Topliss-reactive ketones (excluding diaryl/α,β-unsaturated/α-hetero) is 1. The first-order valence-electron chi connectivity index (χ1n) is 10.6. The van der Waals surface area contributed by atoms with E-state index in [0.29, 0.717) is 32.1 Å². The van der Waals surface area contributed by atoms with Crippen molar-refractivity contribution in [3.63, 3.8) is 0 Å². The highest BCUT2D eigenvalue weighted by Crippen LogP contribution is 2.75. The number of fused-ring (bicyclic) bond motifs is 1. The molecule has 4 N–H and O–H groups in total. The molecule has 4 aliphatic carbocycles. The molecular weight excluding hydrogens is 348 g/mol. The summed E-state index contributed by atoms with van der Waals surface area (Å²) in [5.74, 6) is 0.00676. The topological polar surface area (TPSA) is 107 Å². The molecule has 5 rings (SSSR count). The quantitative estimate of drug-likeness (QED) is 0.572. The van der Waals surface area contributed by atoms with Crippen LogP contribution in [0.2, 0.25) is 0 Å². The van der Waals surface area contributed by atoms with Crippen LogP contribution in [0.3, 0.4) is 0 Å². The molecule has 2 bridgehead atoms. The van der Waals surface area contributed by atoms with Crippen LogP contribution in [-0.4, -0.2) is 56.4 Å². The summed E-state index contributed by atoms with van der Waals surface area (Å²) in [6, 6.07) is 0. The molecule has 0 radical (unpaired) electrons. The molecule has 0 unspecified atom stereocenters. The molecule has 1 spiro atoms. The zero-order valence-electron chi connectivity index (χ0n) is 16.1. The van der Waals surface area contributed by atoms with Gasteiger partial charge in [0.2, 0.25) is 0 Å². The van der Waals surface area contributed by atoms with Crippen molar-refractivity contribution in [2.24, 2.45) is 28.6 Å². The van der Waals surface area contributed by atoms with Crippen molar-refractivity contribution >= 4 is 5.78 Å². The van der Waals surface area contributed by atoms with E-state index < -0.39 is 35.6 Å². The lowest BCUT2D eigenvalue weighted by Gasteiger charge is -2.62. The number of rotatable bonds is 2. The van der Waals surface area contributed by atoms with Crippen molar-refractivity contribution in [1.29, 1.82) is 0 Å². The minimum Gasteiger partial charge on any atom is -0.393 e. The summed E-state index contributed by atoms with van der Waals surface area (Å²) in [4.78, 5) is 12.4. The Hall–Kier alpha value is -0.530. The number of ether oxygens (including phenoxy) is 1. The van der Waals surface area contributed by atoms with Crippen LogP contribution >= 0.6 is 0 Å². The Morgan fingerprint density at radius 1 is 1.04 bits per heavy atom. The van der Waals surface area contributed by atoms with Gasteiger partial charge in [-0.05, 0) is 62.7 Å². The number of hydrogen-bond acceptors (Lipinski definition) is 6. The Morgan fingerprint density at radius 3 is 2.56 bits per heavy atom. The van der Waals surface area contributed by atoms with Gasteiger partial charge in [-0.25, -0.2) is 0 Å². The maximum atomic E-state index is 12.4. The van der Waals surface area contributed by atoms with Crippen LogP contribution in [0.4, 0.5) is 0 Å². The first-order valence-corrected chi connectivity index (χ1v) is 10.6. The number of aliphatic hydroxyl groups is 4. The van der Waals surface area contributed by atoms with Gasteiger partial charge in [-0.2, -0.15) is 0 Å². The average Bonchev–Trinajstić information content (AvgIpc) is 3.07. The van der Waals surface area contributed by atoms with Crippen molar-refractivity contribution < 1.29 is 30.0 Å². The van der Waals surface area contributed by atoms with Crippen molar-refractivity contribution in [3.8, 4) is 0 Å². The molecule has 0 amide bonds. The van der Waals surface area contributed by atoms with E-state index in [9.17, 15) is 25.2 Å². The number of carbonyl (C=O) groups excluding carboxylic acids is 1. The van der Waals surface area contributed by atoms with Gasteiger partial charge in [0.1, 0.15) is 6.61 Å². The fourth-order valence-corrected chi connectivity index (χ4v) is 8.63. The minimum atomic E-state index is -1.08. The van der Waals surface area contributed by atoms with Gasteiger partial charge in [0, 0.05) is 18.3 Å². The van der Waals surface area contributed by atoms with Gasteiger partial charge in [0.25, 0.3) is 0 Å². The van der Waals surface area contributed by atoms with E-state index in [1.54, 1.807) is 0 Å². The second kappa shape index (κ2) is 5.54. The molecular formula is C21H32O6. The third-order valence-electron chi connectivity index (χ3n) is 9.69. The highest BCUT2D eigenvalue weighted by atomic mass is 16.6. The van der Waals surface area contributed by atoms with Gasteiger partial charge >= 0.3 is 0 Å².